The summed E-state index contributed by atoms with van der Waals surface area (Å²) in [5.41, 5.74) is 0.862. The van der Waals surface area contributed by atoms with E-state index in [0.717, 1.165) is 5.56 Å². The molecule has 0 aromatic heterocycles. The van der Waals surface area contributed by atoms with Gasteiger partial charge >= 0.3 is 5.97 Å². The van der Waals surface area contributed by atoms with Crippen LogP contribution in [0, 0.1) is 5.92 Å². The molecule has 2 atom stereocenters. The molecule has 114 valence electrons. The molecule has 0 unspecified atom stereocenters. The maximum absolute atomic E-state index is 11.1. The first-order valence-electron chi connectivity index (χ1n) is 6.76. The summed E-state index contributed by atoms with van der Waals surface area (Å²) in [4.78, 5) is 13.1. The van der Waals surface area contributed by atoms with Gasteiger partial charge in [0, 0.05) is 30.7 Å². The van der Waals surface area contributed by atoms with Crippen LogP contribution in [-0.2, 0) is 11.3 Å². The third kappa shape index (κ3) is 2.92. The lowest BCUT2D eigenvalue weighted by Crippen LogP contribution is -2.46. The highest BCUT2D eigenvalue weighted by atomic mass is 35.5. The smallest absolute Gasteiger partial charge is 0.310 e. The number of carbonyl (C=O) groups is 1. The van der Waals surface area contributed by atoms with Crippen LogP contribution in [0.25, 0.3) is 0 Å². The minimum Gasteiger partial charge on any atom is -0.481 e. The zero-order chi connectivity index (χ0) is 15.0. The highest BCUT2D eigenvalue weighted by molar-refractivity contribution is 6.31. The number of carboxylic acid groups (broad SMARTS) is 1. The Morgan fingerprint density at radius 2 is 2.10 bits per heavy atom. The second-order valence-electron chi connectivity index (χ2n) is 5.33. The summed E-state index contributed by atoms with van der Waals surface area (Å²) < 4.78 is 10.6. The van der Waals surface area contributed by atoms with E-state index in [1.165, 1.54) is 0 Å². The summed E-state index contributed by atoms with van der Waals surface area (Å²) in [5.74, 6) is -0.446. The van der Waals surface area contributed by atoms with Crippen molar-refractivity contribution in [1.82, 2.24) is 4.90 Å². The van der Waals surface area contributed by atoms with Gasteiger partial charge in [0.2, 0.25) is 6.79 Å². The summed E-state index contributed by atoms with van der Waals surface area (Å²) in [6.07, 6.45) is -0.343. The van der Waals surface area contributed by atoms with Crippen molar-refractivity contribution in [1.29, 1.82) is 0 Å². The fourth-order valence-electron chi connectivity index (χ4n) is 2.71. The van der Waals surface area contributed by atoms with E-state index in [1.807, 2.05) is 11.0 Å². The number of nitrogens with zero attached hydrogens (tertiary/aromatic N) is 1. The average molecular weight is 314 g/mol. The van der Waals surface area contributed by atoms with Crippen LogP contribution in [0.4, 0.5) is 0 Å². The van der Waals surface area contributed by atoms with E-state index in [4.69, 9.17) is 26.2 Å². The summed E-state index contributed by atoms with van der Waals surface area (Å²) >= 11 is 6.23. The quantitative estimate of drug-likeness (QED) is 0.876. The van der Waals surface area contributed by atoms with Crippen molar-refractivity contribution in [3.63, 3.8) is 0 Å². The van der Waals surface area contributed by atoms with Crippen LogP contribution in [0.2, 0.25) is 5.02 Å². The normalized spacial score (nSPS) is 25.0. The lowest BCUT2D eigenvalue weighted by atomic mass is 9.94. The molecule has 2 heterocycles. The first kappa shape index (κ1) is 14.4. The average Bonchev–Trinajstić information content (AvgIpc) is 2.88. The molecule has 1 aromatic rings. The Balaban J connectivity index is 1.73. The SMILES string of the molecule is O=C(O)[C@@H]1CN(Cc2cc3c(cc2Cl)OCO3)CC[C@H]1O. The number of hydrogen-bond donors (Lipinski definition) is 2. The first-order chi connectivity index (χ1) is 10.0. The second-order valence-corrected chi connectivity index (χ2v) is 5.74. The van der Waals surface area contributed by atoms with Crippen molar-refractivity contribution in [2.24, 2.45) is 5.92 Å². The molecule has 1 aromatic carbocycles. The molecule has 2 aliphatic heterocycles. The van der Waals surface area contributed by atoms with E-state index in [-0.39, 0.29) is 6.79 Å². The molecule has 6 nitrogen and oxygen atoms in total. The number of aliphatic hydroxyl groups is 1. The Morgan fingerprint density at radius 3 is 2.81 bits per heavy atom. The predicted molar refractivity (Wildman–Crippen MR) is 74.6 cm³/mol. The maximum atomic E-state index is 11.1. The molecule has 0 radical (unpaired) electrons. The predicted octanol–water partition coefficient (Wildman–Crippen LogP) is 1.34. The fourth-order valence-corrected chi connectivity index (χ4v) is 2.93. The van der Waals surface area contributed by atoms with Gasteiger partial charge in [-0.1, -0.05) is 11.6 Å². The van der Waals surface area contributed by atoms with Gasteiger partial charge in [-0.3, -0.25) is 9.69 Å². The van der Waals surface area contributed by atoms with E-state index < -0.39 is 18.0 Å². The number of benzene rings is 1. The Hall–Kier alpha value is -1.50. The van der Waals surface area contributed by atoms with Gasteiger partial charge in [-0.15, -0.1) is 0 Å². The molecule has 7 heteroatoms. The summed E-state index contributed by atoms with van der Waals surface area (Å²) in [6, 6.07) is 3.54. The van der Waals surface area contributed by atoms with Gasteiger partial charge in [0.05, 0.1) is 12.0 Å². The largest absolute Gasteiger partial charge is 0.481 e. The monoisotopic (exact) mass is 313 g/mol. The van der Waals surface area contributed by atoms with Crippen LogP contribution in [-0.4, -0.2) is 47.1 Å². The molecule has 2 N–H and O–H groups in total. The number of carboxylic acids is 1. The van der Waals surface area contributed by atoms with E-state index >= 15 is 0 Å². The lowest BCUT2D eigenvalue weighted by molar-refractivity contribution is -0.149. The molecular formula is C14H16ClNO5. The van der Waals surface area contributed by atoms with Crippen LogP contribution < -0.4 is 9.47 Å². The summed E-state index contributed by atoms with van der Waals surface area (Å²) in [7, 11) is 0. The molecule has 1 saturated heterocycles. The molecule has 21 heavy (non-hydrogen) atoms. The number of rotatable bonds is 3. The molecule has 0 spiro atoms. The minimum atomic E-state index is -0.969. The van der Waals surface area contributed by atoms with Gasteiger partial charge in [-0.05, 0) is 18.1 Å². The number of aliphatic carboxylic acids is 1. The van der Waals surface area contributed by atoms with Crippen LogP contribution in [0.5, 0.6) is 11.5 Å². The van der Waals surface area contributed by atoms with Crippen LogP contribution in [0.3, 0.4) is 0 Å². The van der Waals surface area contributed by atoms with Gasteiger partial charge in [0.1, 0.15) is 0 Å². The highest BCUT2D eigenvalue weighted by Gasteiger charge is 2.33. The number of hydrogen-bond acceptors (Lipinski definition) is 5. The van der Waals surface area contributed by atoms with Crippen molar-refractivity contribution in [3.05, 3.63) is 22.7 Å². The highest BCUT2D eigenvalue weighted by Crippen LogP contribution is 2.37. The Bertz CT molecular complexity index is 565. The molecule has 1 fully saturated rings. The van der Waals surface area contributed by atoms with E-state index in [1.54, 1.807) is 6.07 Å². The number of likely N-dealkylation sites (tertiary alicyclic amines) is 1. The number of aliphatic hydroxyl groups excluding tert-OH is 1. The molecule has 2 aliphatic rings. The summed E-state index contributed by atoms with van der Waals surface area (Å²) in [5, 5.41) is 19.4. The molecule has 3 rings (SSSR count). The van der Waals surface area contributed by atoms with Crippen LogP contribution in [0.1, 0.15) is 12.0 Å². The van der Waals surface area contributed by atoms with Crippen molar-refractivity contribution in [2.75, 3.05) is 19.9 Å². The lowest BCUT2D eigenvalue weighted by Gasteiger charge is -2.34. The first-order valence-corrected chi connectivity index (χ1v) is 7.13. The molecule has 0 saturated carbocycles. The molecule has 0 bridgehead atoms. The van der Waals surface area contributed by atoms with Crippen LogP contribution in [0.15, 0.2) is 12.1 Å². The maximum Gasteiger partial charge on any atom is 0.310 e. The van der Waals surface area contributed by atoms with Gasteiger partial charge < -0.3 is 19.7 Å². The number of piperidine rings is 1. The zero-order valence-electron chi connectivity index (χ0n) is 11.3. The van der Waals surface area contributed by atoms with Crippen molar-refractivity contribution < 1.29 is 24.5 Å². The van der Waals surface area contributed by atoms with Crippen molar-refractivity contribution in [3.8, 4) is 11.5 Å². The number of fused-ring (bicyclic) bond motifs is 1. The number of ether oxygens (including phenoxy) is 2. The number of halogens is 1. The summed E-state index contributed by atoms with van der Waals surface area (Å²) in [6.45, 7) is 1.65. The third-order valence-electron chi connectivity index (χ3n) is 3.91. The Morgan fingerprint density at radius 1 is 1.38 bits per heavy atom. The molecule has 0 aliphatic carbocycles. The minimum absolute atomic E-state index is 0.187. The van der Waals surface area contributed by atoms with Crippen molar-refractivity contribution in [2.45, 2.75) is 19.1 Å². The Kier molecular flexibility index (Phi) is 3.93. The molecular weight excluding hydrogens is 298 g/mol. The molecule has 0 amide bonds. The van der Waals surface area contributed by atoms with Gasteiger partial charge in [0.15, 0.2) is 11.5 Å². The van der Waals surface area contributed by atoms with E-state index in [0.29, 0.717) is 42.6 Å². The Labute approximate surface area is 126 Å². The standard InChI is InChI=1S/C14H16ClNO5/c15-10-4-13-12(20-7-21-13)3-8(10)5-16-2-1-11(17)9(6-16)14(18)19/h3-4,9,11,17H,1-2,5-7H2,(H,18,19)/t9-,11-/m1/s1. The van der Waals surface area contributed by atoms with E-state index in [9.17, 15) is 9.90 Å². The topological polar surface area (TPSA) is 79.2 Å². The van der Waals surface area contributed by atoms with Gasteiger partial charge in [-0.25, -0.2) is 0 Å². The van der Waals surface area contributed by atoms with Gasteiger partial charge in [-0.2, -0.15) is 0 Å². The van der Waals surface area contributed by atoms with Gasteiger partial charge in [0.25, 0.3) is 0 Å². The van der Waals surface area contributed by atoms with Crippen molar-refractivity contribution >= 4 is 17.6 Å². The second kappa shape index (κ2) is 5.71. The van der Waals surface area contributed by atoms with Crippen LogP contribution >= 0.6 is 11.6 Å². The fraction of sp³-hybridized carbons (Fsp3) is 0.500. The van der Waals surface area contributed by atoms with E-state index in [2.05, 4.69) is 0 Å². The third-order valence-corrected chi connectivity index (χ3v) is 4.27. The zero-order valence-corrected chi connectivity index (χ0v) is 12.0.